The van der Waals surface area contributed by atoms with Crippen LogP contribution in [0.4, 0.5) is 5.69 Å². The van der Waals surface area contributed by atoms with Gasteiger partial charge in [-0.1, -0.05) is 0 Å². The summed E-state index contributed by atoms with van der Waals surface area (Å²) < 4.78 is 25.4. The molecule has 0 aromatic heterocycles. The van der Waals surface area contributed by atoms with Crippen molar-refractivity contribution in [3.63, 3.8) is 0 Å². The Labute approximate surface area is 118 Å². The molecule has 0 amide bonds. The number of carbonyl (C=O) groups is 1. The van der Waals surface area contributed by atoms with Crippen LogP contribution in [-0.2, 0) is 14.8 Å². The molecule has 0 spiro atoms. The first kappa shape index (κ1) is 14.8. The first-order valence-electron chi connectivity index (χ1n) is 6.45. The number of benzene rings is 1. The van der Waals surface area contributed by atoms with E-state index in [0.717, 1.165) is 12.1 Å². The Hall–Kier alpha value is -1.60. The molecule has 6 nitrogen and oxygen atoms in total. The summed E-state index contributed by atoms with van der Waals surface area (Å²) in [5.74, 6) is -1.03. The zero-order valence-electron chi connectivity index (χ0n) is 11.2. The Morgan fingerprint density at radius 1 is 1.25 bits per heavy atom. The number of carboxylic acid groups (broad SMARTS) is 1. The van der Waals surface area contributed by atoms with Crippen LogP contribution in [0.5, 0.6) is 0 Å². The fraction of sp³-hybridized carbons (Fsp3) is 0.462. The predicted molar refractivity (Wildman–Crippen MR) is 75.1 cm³/mol. The normalized spacial score (nSPS) is 22.6. The molecule has 1 aromatic carbocycles. The van der Waals surface area contributed by atoms with Crippen LogP contribution < -0.4 is 10.0 Å². The van der Waals surface area contributed by atoms with Crippen LogP contribution in [0.2, 0.25) is 0 Å². The summed E-state index contributed by atoms with van der Waals surface area (Å²) in [6.07, 6.45) is 2.10. The summed E-state index contributed by atoms with van der Waals surface area (Å²) in [6, 6.07) is 6.56. The maximum atomic E-state index is 11.6. The first-order valence-corrected chi connectivity index (χ1v) is 7.93. The van der Waals surface area contributed by atoms with Gasteiger partial charge in [0, 0.05) is 11.7 Å². The van der Waals surface area contributed by atoms with E-state index in [1.54, 1.807) is 12.1 Å². The molecule has 1 aromatic rings. The van der Waals surface area contributed by atoms with Gasteiger partial charge in [-0.15, -0.1) is 0 Å². The molecule has 2 rings (SSSR count). The van der Waals surface area contributed by atoms with Gasteiger partial charge in [0.15, 0.2) is 0 Å². The van der Waals surface area contributed by atoms with Crippen LogP contribution in [0, 0.1) is 5.92 Å². The number of hydrogen-bond donors (Lipinski definition) is 3. The van der Waals surface area contributed by atoms with Crippen LogP contribution in [0.1, 0.15) is 19.3 Å². The van der Waals surface area contributed by atoms with Gasteiger partial charge in [-0.25, -0.2) is 13.1 Å². The van der Waals surface area contributed by atoms with E-state index >= 15 is 0 Å². The molecule has 7 heteroatoms. The van der Waals surface area contributed by atoms with E-state index in [0.29, 0.717) is 12.8 Å². The third-order valence-electron chi connectivity index (χ3n) is 3.59. The van der Waals surface area contributed by atoms with Crippen molar-refractivity contribution in [1.82, 2.24) is 4.72 Å². The molecule has 0 heterocycles. The van der Waals surface area contributed by atoms with Gasteiger partial charge in [-0.2, -0.15) is 0 Å². The van der Waals surface area contributed by atoms with E-state index in [-0.39, 0.29) is 16.9 Å². The zero-order chi connectivity index (χ0) is 14.8. The molecule has 110 valence electrons. The minimum atomic E-state index is -3.42. The first-order chi connectivity index (χ1) is 9.42. The van der Waals surface area contributed by atoms with Crippen LogP contribution in [0.25, 0.3) is 0 Å². The smallest absolute Gasteiger partial charge is 0.306 e. The lowest BCUT2D eigenvalue weighted by molar-refractivity contribution is -0.141. The minimum absolute atomic E-state index is 0.128. The molecule has 3 N–H and O–H groups in total. The van der Waals surface area contributed by atoms with Gasteiger partial charge in [0.1, 0.15) is 0 Å². The molecule has 20 heavy (non-hydrogen) atoms. The van der Waals surface area contributed by atoms with Gasteiger partial charge in [-0.3, -0.25) is 4.79 Å². The average Bonchev–Trinajstić information content (AvgIpc) is 2.88. The molecule has 0 aliphatic heterocycles. The summed E-state index contributed by atoms with van der Waals surface area (Å²) in [7, 11) is -2.05. The molecule has 2 unspecified atom stereocenters. The Balaban J connectivity index is 2.00. The number of nitrogens with one attached hydrogen (secondary N) is 2. The van der Waals surface area contributed by atoms with Gasteiger partial charge in [0.2, 0.25) is 10.0 Å². The van der Waals surface area contributed by atoms with Crippen molar-refractivity contribution in [3.05, 3.63) is 24.3 Å². The number of carboxylic acids is 1. The van der Waals surface area contributed by atoms with Gasteiger partial charge < -0.3 is 10.4 Å². The molecule has 0 radical (unpaired) electrons. The predicted octanol–water partition coefficient (Wildman–Crippen LogP) is 1.26. The van der Waals surface area contributed by atoms with E-state index in [1.807, 2.05) is 0 Å². The number of sulfonamides is 1. The third-order valence-corrected chi connectivity index (χ3v) is 5.02. The van der Waals surface area contributed by atoms with E-state index in [9.17, 15) is 13.2 Å². The van der Waals surface area contributed by atoms with Crippen molar-refractivity contribution < 1.29 is 18.3 Å². The fourth-order valence-corrected chi connectivity index (χ4v) is 3.15. The molecule has 1 saturated carbocycles. The second kappa shape index (κ2) is 5.80. The van der Waals surface area contributed by atoms with E-state index in [1.165, 1.54) is 19.2 Å². The molecule has 1 aliphatic carbocycles. The number of anilines is 1. The van der Waals surface area contributed by atoms with Crippen molar-refractivity contribution in [2.75, 3.05) is 12.4 Å². The third kappa shape index (κ3) is 3.29. The number of rotatable bonds is 5. The fourth-order valence-electron chi connectivity index (χ4n) is 2.42. The highest BCUT2D eigenvalue weighted by molar-refractivity contribution is 7.89. The summed E-state index contributed by atoms with van der Waals surface area (Å²) in [4.78, 5) is 11.1. The lowest BCUT2D eigenvalue weighted by Gasteiger charge is -2.14. The SMILES string of the molecule is CNS(=O)(=O)c1ccc(NC2CCC(C(=O)O)C2)cc1. The van der Waals surface area contributed by atoms with Crippen molar-refractivity contribution in [1.29, 1.82) is 0 Å². The molecular formula is C13H18N2O4S. The maximum Gasteiger partial charge on any atom is 0.306 e. The number of hydrogen-bond acceptors (Lipinski definition) is 4. The molecular weight excluding hydrogens is 280 g/mol. The van der Waals surface area contributed by atoms with Crippen LogP contribution >= 0.6 is 0 Å². The summed E-state index contributed by atoms with van der Waals surface area (Å²) >= 11 is 0. The summed E-state index contributed by atoms with van der Waals surface area (Å²) in [5.41, 5.74) is 0.802. The van der Waals surface area contributed by atoms with E-state index in [4.69, 9.17) is 5.11 Å². The zero-order valence-corrected chi connectivity index (χ0v) is 12.0. The molecule has 1 fully saturated rings. The lowest BCUT2D eigenvalue weighted by Crippen LogP contribution is -2.19. The average molecular weight is 298 g/mol. The van der Waals surface area contributed by atoms with Gasteiger partial charge in [-0.05, 0) is 50.6 Å². The van der Waals surface area contributed by atoms with E-state index in [2.05, 4.69) is 10.0 Å². The quantitative estimate of drug-likeness (QED) is 0.760. The van der Waals surface area contributed by atoms with Crippen LogP contribution in [0.15, 0.2) is 29.2 Å². The maximum absolute atomic E-state index is 11.6. The van der Waals surface area contributed by atoms with Gasteiger partial charge in [0.25, 0.3) is 0 Å². The van der Waals surface area contributed by atoms with Crippen molar-refractivity contribution >= 4 is 21.7 Å². The second-order valence-electron chi connectivity index (χ2n) is 4.92. The minimum Gasteiger partial charge on any atom is -0.481 e. The molecule has 1 aliphatic rings. The van der Waals surface area contributed by atoms with Crippen molar-refractivity contribution in [2.45, 2.75) is 30.2 Å². The standard InChI is InChI=1S/C13H18N2O4S/c1-14-20(18,19)12-6-4-10(5-7-12)15-11-3-2-9(8-11)13(16)17/h4-7,9,11,14-15H,2-3,8H2,1H3,(H,16,17). The lowest BCUT2D eigenvalue weighted by atomic mass is 10.1. The topological polar surface area (TPSA) is 95.5 Å². The van der Waals surface area contributed by atoms with Gasteiger partial charge >= 0.3 is 5.97 Å². The summed E-state index contributed by atoms with van der Waals surface area (Å²) in [5, 5.41) is 12.2. The Morgan fingerprint density at radius 2 is 1.90 bits per heavy atom. The Kier molecular flexibility index (Phi) is 4.29. The monoisotopic (exact) mass is 298 g/mol. The van der Waals surface area contributed by atoms with E-state index < -0.39 is 16.0 Å². The molecule has 0 saturated heterocycles. The second-order valence-corrected chi connectivity index (χ2v) is 6.81. The highest BCUT2D eigenvalue weighted by atomic mass is 32.2. The Morgan fingerprint density at radius 3 is 2.40 bits per heavy atom. The summed E-state index contributed by atoms with van der Waals surface area (Å²) in [6.45, 7) is 0. The Bertz CT molecular complexity index is 583. The van der Waals surface area contributed by atoms with Gasteiger partial charge in [0.05, 0.1) is 10.8 Å². The molecule has 2 atom stereocenters. The van der Waals surface area contributed by atoms with Crippen molar-refractivity contribution in [3.8, 4) is 0 Å². The van der Waals surface area contributed by atoms with Crippen molar-refractivity contribution in [2.24, 2.45) is 5.92 Å². The van der Waals surface area contributed by atoms with Crippen LogP contribution in [0.3, 0.4) is 0 Å². The number of aliphatic carboxylic acids is 1. The highest BCUT2D eigenvalue weighted by Gasteiger charge is 2.29. The molecule has 0 bridgehead atoms. The highest BCUT2D eigenvalue weighted by Crippen LogP contribution is 2.28. The van der Waals surface area contributed by atoms with Crippen LogP contribution in [-0.4, -0.2) is 32.6 Å². The largest absolute Gasteiger partial charge is 0.481 e.